The first-order valence-corrected chi connectivity index (χ1v) is 7.44. The number of aromatic amines is 1. The van der Waals surface area contributed by atoms with Crippen LogP contribution in [-0.4, -0.2) is 39.5 Å². The lowest BCUT2D eigenvalue weighted by Gasteiger charge is -2.05. The Kier molecular flexibility index (Phi) is 4.03. The van der Waals surface area contributed by atoms with Crippen molar-refractivity contribution in [3.8, 4) is 0 Å². The summed E-state index contributed by atoms with van der Waals surface area (Å²) in [6.07, 6.45) is 2.73. The van der Waals surface area contributed by atoms with Crippen molar-refractivity contribution >= 4 is 28.6 Å². The van der Waals surface area contributed by atoms with Crippen molar-refractivity contribution in [3.05, 3.63) is 46.0 Å². The van der Waals surface area contributed by atoms with Gasteiger partial charge in [-0.1, -0.05) is 0 Å². The summed E-state index contributed by atoms with van der Waals surface area (Å²) in [5, 5.41) is 0. The van der Waals surface area contributed by atoms with Gasteiger partial charge < -0.3 is 14.5 Å². The van der Waals surface area contributed by atoms with Crippen molar-refractivity contribution in [1.82, 2.24) is 14.4 Å². The van der Waals surface area contributed by atoms with E-state index in [2.05, 4.69) is 9.97 Å². The third-order valence-electron chi connectivity index (χ3n) is 3.44. The maximum absolute atomic E-state index is 12.7. The van der Waals surface area contributed by atoms with E-state index in [0.717, 1.165) is 0 Å². The van der Waals surface area contributed by atoms with Crippen LogP contribution in [0.15, 0.2) is 29.3 Å². The van der Waals surface area contributed by atoms with E-state index in [1.807, 2.05) is 0 Å². The molecule has 3 rings (SSSR count). The number of nitrogens with one attached hydrogen (secondary N) is 1. The summed E-state index contributed by atoms with van der Waals surface area (Å²) in [4.78, 5) is 43.5. The summed E-state index contributed by atoms with van der Waals surface area (Å²) in [5.74, 6) is -1.28. The van der Waals surface area contributed by atoms with Crippen LogP contribution >= 0.6 is 0 Å². The number of aromatic nitrogens is 3. The van der Waals surface area contributed by atoms with Crippen molar-refractivity contribution in [2.24, 2.45) is 0 Å². The summed E-state index contributed by atoms with van der Waals surface area (Å²) >= 11 is 0. The molecule has 8 heteroatoms. The van der Waals surface area contributed by atoms with Crippen molar-refractivity contribution in [3.63, 3.8) is 0 Å². The third kappa shape index (κ3) is 2.51. The van der Waals surface area contributed by atoms with Gasteiger partial charge in [0.1, 0.15) is 16.7 Å². The Labute approximate surface area is 136 Å². The first kappa shape index (κ1) is 15.7. The molecule has 8 nitrogen and oxygen atoms in total. The van der Waals surface area contributed by atoms with Crippen molar-refractivity contribution < 1.29 is 19.1 Å². The number of imidazole rings is 1. The van der Waals surface area contributed by atoms with Crippen molar-refractivity contribution in [2.45, 2.75) is 13.8 Å². The fourth-order valence-electron chi connectivity index (χ4n) is 2.41. The molecule has 0 bridgehead atoms. The maximum Gasteiger partial charge on any atom is 0.358 e. The molecule has 0 aliphatic heterocycles. The largest absolute Gasteiger partial charge is 0.462 e. The molecule has 124 valence electrons. The standard InChI is InChI=1S/C16H15N3O5/c1-3-23-15(21)9-7-17-10-5-6-12-18-11(16(22)24-4-2)8-19(12)13(10)14(9)20/h5-8H,3-4H2,1-2H3,(H,17,20). The van der Waals surface area contributed by atoms with E-state index in [-0.39, 0.29) is 30.0 Å². The average Bonchev–Trinajstić information content (AvgIpc) is 2.99. The minimum absolute atomic E-state index is 0.0882. The molecular weight excluding hydrogens is 314 g/mol. The minimum atomic E-state index is -0.705. The Morgan fingerprint density at radius 1 is 1.17 bits per heavy atom. The molecule has 0 saturated heterocycles. The summed E-state index contributed by atoms with van der Waals surface area (Å²) in [5.41, 5.74) is 0.598. The Morgan fingerprint density at radius 2 is 1.88 bits per heavy atom. The fourth-order valence-corrected chi connectivity index (χ4v) is 2.41. The number of nitrogens with zero attached hydrogens (tertiary/aromatic N) is 2. The van der Waals surface area contributed by atoms with Crippen LogP contribution in [0.3, 0.4) is 0 Å². The van der Waals surface area contributed by atoms with Gasteiger partial charge in [0.15, 0.2) is 5.69 Å². The molecule has 0 radical (unpaired) electrons. The molecule has 0 aliphatic rings. The molecule has 0 unspecified atom stereocenters. The van der Waals surface area contributed by atoms with Crippen LogP contribution in [0, 0.1) is 0 Å². The lowest BCUT2D eigenvalue weighted by atomic mass is 10.2. The van der Waals surface area contributed by atoms with E-state index in [9.17, 15) is 14.4 Å². The third-order valence-corrected chi connectivity index (χ3v) is 3.44. The molecular formula is C16H15N3O5. The number of hydrogen-bond donors (Lipinski definition) is 1. The smallest absolute Gasteiger partial charge is 0.358 e. The van der Waals surface area contributed by atoms with Gasteiger partial charge in [0.2, 0.25) is 5.43 Å². The quantitative estimate of drug-likeness (QED) is 0.728. The molecule has 1 N–H and O–H groups in total. The van der Waals surface area contributed by atoms with E-state index in [0.29, 0.717) is 11.2 Å². The Hall–Kier alpha value is -3.16. The highest BCUT2D eigenvalue weighted by molar-refractivity contribution is 5.94. The molecule has 0 spiro atoms. The molecule has 3 heterocycles. The second-order valence-corrected chi connectivity index (χ2v) is 4.92. The normalized spacial score (nSPS) is 10.9. The van der Waals surface area contributed by atoms with Gasteiger partial charge in [0, 0.05) is 12.4 Å². The highest BCUT2D eigenvalue weighted by Crippen LogP contribution is 2.14. The number of hydrogen-bond acceptors (Lipinski definition) is 6. The molecule has 0 aliphatic carbocycles. The number of esters is 2. The molecule has 0 atom stereocenters. The molecule has 24 heavy (non-hydrogen) atoms. The topological polar surface area (TPSA) is 103 Å². The Balaban J connectivity index is 2.25. The van der Waals surface area contributed by atoms with Crippen LogP contribution in [-0.2, 0) is 9.47 Å². The van der Waals surface area contributed by atoms with Gasteiger partial charge in [-0.25, -0.2) is 14.6 Å². The minimum Gasteiger partial charge on any atom is -0.462 e. The van der Waals surface area contributed by atoms with E-state index >= 15 is 0 Å². The van der Waals surface area contributed by atoms with Gasteiger partial charge in [-0.2, -0.15) is 0 Å². The number of pyridine rings is 2. The number of H-pyrrole nitrogens is 1. The number of carbonyl (C=O) groups is 2. The average molecular weight is 329 g/mol. The summed E-state index contributed by atoms with van der Waals surface area (Å²) in [7, 11) is 0. The highest BCUT2D eigenvalue weighted by atomic mass is 16.5. The molecule has 0 aromatic carbocycles. The Morgan fingerprint density at radius 3 is 2.58 bits per heavy atom. The van der Waals surface area contributed by atoms with Gasteiger partial charge in [-0.3, -0.25) is 9.20 Å². The van der Waals surface area contributed by atoms with Crippen molar-refractivity contribution in [1.29, 1.82) is 0 Å². The second kappa shape index (κ2) is 6.15. The lowest BCUT2D eigenvalue weighted by Crippen LogP contribution is -2.19. The van der Waals surface area contributed by atoms with Crippen LogP contribution in [0.25, 0.3) is 16.7 Å². The number of rotatable bonds is 4. The van der Waals surface area contributed by atoms with E-state index in [4.69, 9.17) is 9.47 Å². The summed E-state index contributed by atoms with van der Waals surface area (Å²) < 4.78 is 11.3. The number of carbonyl (C=O) groups excluding carboxylic acids is 2. The second-order valence-electron chi connectivity index (χ2n) is 4.92. The summed E-state index contributed by atoms with van der Waals surface area (Å²) in [6, 6.07) is 3.31. The Bertz CT molecular complexity index is 1000. The van der Waals surface area contributed by atoms with E-state index < -0.39 is 17.4 Å². The zero-order chi connectivity index (χ0) is 17.3. The zero-order valence-electron chi connectivity index (χ0n) is 13.2. The molecule has 3 aromatic heterocycles. The molecule has 0 amide bonds. The van der Waals surface area contributed by atoms with E-state index in [1.165, 1.54) is 16.8 Å². The lowest BCUT2D eigenvalue weighted by molar-refractivity contribution is 0.0512. The number of ether oxygens (including phenoxy) is 2. The monoisotopic (exact) mass is 329 g/mol. The van der Waals surface area contributed by atoms with Crippen LogP contribution in [0.4, 0.5) is 0 Å². The van der Waals surface area contributed by atoms with Gasteiger partial charge in [-0.05, 0) is 26.0 Å². The first-order valence-electron chi connectivity index (χ1n) is 7.44. The molecule has 0 fully saturated rings. The number of fused-ring (bicyclic) bond motifs is 3. The first-order chi connectivity index (χ1) is 11.6. The molecule has 0 saturated carbocycles. The van der Waals surface area contributed by atoms with Crippen LogP contribution in [0.1, 0.15) is 34.7 Å². The van der Waals surface area contributed by atoms with E-state index in [1.54, 1.807) is 26.0 Å². The van der Waals surface area contributed by atoms with Crippen LogP contribution in [0.2, 0.25) is 0 Å². The van der Waals surface area contributed by atoms with Gasteiger partial charge in [-0.15, -0.1) is 0 Å². The predicted octanol–water partition coefficient (Wildman–Crippen LogP) is 1.53. The summed E-state index contributed by atoms with van der Waals surface area (Å²) in [6.45, 7) is 3.74. The van der Waals surface area contributed by atoms with Crippen LogP contribution < -0.4 is 5.43 Å². The highest BCUT2D eigenvalue weighted by Gasteiger charge is 2.18. The van der Waals surface area contributed by atoms with Gasteiger partial charge >= 0.3 is 11.9 Å². The van der Waals surface area contributed by atoms with Gasteiger partial charge in [0.05, 0.1) is 18.7 Å². The fraction of sp³-hybridized carbons (Fsp3) is 0.250. The van der Waals surface area contributed by atoms with Crippen molar-refractivity contribution in [2.75, 3.05) is 13.2 Å². The molecule has 3 aromatic rings. The SMILES string of the molecule is CCOC(=O)c1cn2c(ccc3[nH]cc(C(=O)OCC)c(=O)c32)n1. The predicted molar refractivity (Wildman–Crippen MR) is 85.2 cm³/mol. The van der Waals surface area contributed by atoms with Crippen LogP contribution in [0.5, 0.6) is 0 Å². The zero-order valence-corrected chi connectivity index (χ0v) is 13.2. The van der Waals surface area contributed by atoms with Gasteiger partial charge in [0.25, 0.3) is 0 Å². The maximum atomic E-state index is 12.7.